The lowest BCUT2D eigenvalue weighted by Gasteiger charge is -1.94. The van der Waals surface area contributed by atoms with Crippen LogP contribution in [0.3, 0.4) is 0 Å². The minimum absolute atomic E-state index is 0.112. The molecule has 0 radical (unpaired) electrons. The van der Waals surface area contributed by atoms with Crippen LogP contribution in [-0.2, 0) is 0 Å². The fraction of sp³-hybridized carbons (Fsp3) is 0.200. The molecule has 1 aromatic rings. The van der Waals surface area contributed by atoms with E-state index in [0.717, 1.165) is 0 Å². The molecule has 0 fully saturated rings. The first kappa shape index (κ1) is 8.65. The number of ketones is 1. The summed E-state index contributed by atoms with van der Waals surface area (Å²) in [6, 6.07) is 3.54. The third-order valence-corrected chi connectivity index (χ3v) is 1.52. The number of hydrogen-bond donors (Lipinski definition) is 0. The van der Waals surface area contributed by atoms with Crippen molar-refractivity contribution in [3.05, 3.63) is 42.2 Å². The van der Waals surface area contributed by atoms with Gasteiger partial charge in [-0.25, -0.2) is 0 Å². The topological polar surface area (TPSA) is 30.0 Å². The van der Waals surface area contributed by atoms with Gasteiger partial charge in [0.2, 0.25) is 0 Å². The Hall–Kier alpha value is -1.44. The van der Waals surface area contributed by atoms with Crippen LogP contribution in [0.1, 0.15) is 23.7 Å². The van der Waals surface area contributed by atoms with Gasteiger partial charge in [0.25, 0.3) is 0 Å². The Kier molecular flexibility index (Phi) is 3.20. The van der Waals surface area contributed by atoms with Crippen molar-refractivity contribution in [1.82, 2.24) is 4.98 Å². The Balaban J connectivity index is 2.66. The number of Topliss-reactive ketones (excluding diaryl/α,β-unsaturated/α-hetero) is 1. The Bertz CT molecular complexity index is 277. The summed E-state index contributed by atoms with van der Waals surface area (Å²) >= 11 is 0. The quantitative estimate of drug-likeness (QED) is 0.502. The van der Waals surface area contributed by atoms with E-state index in [1.807, 2.05) is 19.1 Å². The van der Waals surface area contributed by atoms with E-state index >= 15 is 0 Å². The molecule has 2 nitrogen and oxygen atoms in total. The summed E-state index contributed by atoms with van der Waals surface area (Å²) in [5.74, 6) is 0.112. The van der Waals surface area contributed by atoms with Gasteiger partial charge in [0.05, 0.1) is 0 Å². The minimum atomic E-state index is 0.112. The van der Waals surface area contributed by atoms with Gasteiger partial charge in [-0.15, -0.1) is 0 Å². The van der Waals surface area contributed by atoms with Crippen molar-refractivity contribution in [2.75, 3.05) is 0 Å². The maximum Gasteiger partial charge on any atom is 0.168 e. The molecule has 2 heteroatoms. The van der Waals surface area contributed by atoms with E-state index in [9.17, 15) is 4.79 Å². The molecule has 0 aliphatic heterocycles. The predicted molar refractivity (Wildman–Crippen MR) is 48.0 cm³/mol. The normalized spacial score (nSPS) is 10.4. The second kappa shape index (κ2) is 4.44. The SMILES string of the molecule is C/C=C/CC(=O)c1cccnc1. The average Bonchev–Trinajstić information content (AvgIpc) is 2.15. The van der Waals surface area contributed by atoms with E-state index in [0.29, 0.717) is 12.0 Å². The zero-order chi connectivity index (χ0) is 8.81. The van der Waals surface area contributed by atoms with E-state index in [1.165, 1.54) is 0 Å². The molecule has 0 spiro atoms. The highest BCUT2D eigenvalue weighted by atomic mass is 16.1. The fourth-order valence-corrected chi connectivity index (χ4v) is 0.870. The van der Waals surface area contributed by atoms with Crippen LogP contribution in [0.25, 0.3) is 0 Å². The average molecular weight is 161 g/mol. The van der Waals surface area contributed by atoms with Crippen molar-refractivity contribution in [1.29, 1.82) is 0 Å². The summed E-state index contributed by atoms with van der Waals surface area (Å²) in [4.78, 5) is 15.2. The first-order chi connectivity index (χ1) is 5.84. The molecular formula is C10H11NO. The lowest BCUT2D eigenvalue weighted by Crippen LogP contribution is -1.96. The lowest BCUT2D eigenvalue weighted by molar-refractivity contribution is 0.0995. The number of rotatable bonds is 3. The lowest BCUT2D eigenvalue weighted by atomic mass is 10.1. The predicted octanol–water partition coefficient (Wildman–Crippen LogP) is 2.23. The van der Waals surface area contributed by atoms with E-state index < -0.39 is 0 Å². The van der Waals surface area contributed by atoms with E-state index in [-0.39, 0.29) is 5.78 Å². The highest BCUT2D eigenvalue weighted by molar-refractivity contribution is 5.96. The fourth-order valence-electron chi connectivity index (χ4n) is 0.870. The minimum Gasteiger partial charge on any atom is -0.294 e. The molecule has 0 N–H and O–H groups in total. The first-order valence-electron chi connectivity index (χ1n) is 3.89. The first-order valence-corrected chi connectivity index (χ1v) is 3.89. The van der Waals surface area contributed by atoms with E-state index in [1.54, 1.807) is 24.5 Å². The van der Waals surface area contributed by atoms with Crippen molar-refractivity contribution in [2.45, 2.75) is 13.3 Å². The molecule has 0 atom stereocenters. The number of aromatic nitrogens is 1. The zero-order valence-electron chi connectivity index (χ0n) is 7.03. The highest BCUT2D eigenvalue weighted by Crippen LogP contribution is 2.01. The number of allylic oxidation sites excluding steroid dienone is 2. The van der Waals surface area contributed by atoms with Crippen LogP contribution in [-0.4, -0.2) is 10.8 Å². The third kappa shape index (κ3) is 2.31. The standard InChI is InChI=1S/C10H11NO/c1-2-3-6-10(12)9-5-4-7-11-8-9/h2-5,7-8H,6H2,1H3/b3-2+. The van der Waals surface area contributed by atoms with Crippen molar-refractivity contribution >= 4 is 5.78 Å². The van der Waals surface area contributed by atoms with Crippen molar-refractivity contribution < 1.29 is 4.79 Å². The summed E-state index contributed by atoms with van der Waals surface area (Å²) in [7, 11) is 0. The van der Waals surface area contributed by atoms with E-state index in [4.69, 9.17) is 0 Å². The van der Waals surface area contributed by atoms with Gasteiger partial charge in [0, 0.05) is 24.4 Å². The second-order valence-corrected chi connectivity index (χ2v) is 2.44. The molecule has 1 heterocycles. The molecule has 12 heavy (non-hydrogen) atoms. The van der Waals surface area contributed by atoms with Crippen LogP contribution in [0.15, 0.2) is 36.7 Å². The number of carbonyl (C=O) groups is 1. The van der Waals surface area contributed by atoms with Gasteiger partial charge in [0.15, 0.2) is 5.78 Å². The van der Waals surface area contributed by atoms with Gasteiger partial charge >= 0.3 is 0 Å². The van der Waals surface area contributed by atoms with Gasteiger partial charge in [-0.05, 0) is 19.1 Å². The maximum absolute atomic E-state index is 11.3. The smallest absolute Gasteiger partial charge is 0.168 e. The molecule has 0 saturated heterocycles. The molecule has 0 saturated carbocycles. The molecule has 0 unspecified atom stereocenters. The van der Waals surface area contributed by atoms with Gasteiger partial charge in [0.1, 0.15) is 0 Å². The largest absolute Gasteiger partial charge is 0.294 e. The Morgan fingerprint density at radius 2 is 2.50 bits per heavy atom. The Labute approximate surface area is 71.9 Å². The molecule has 0 bridgehead atoms. The Morgan fingerprint density at radius 3 is 3.08 bits per heavy atom. The molecule has 0 amide bonds. The molecule has 1 rings (SSSR count). The molecule has 1 aromatic heterocycles. The number of pyridine rings is 1. The maximum atomic E-state index is 11.3. The zero-order valence-corrected chi connectivity index (χ0v) is 7.03. The van der Waals surface area contributed by atoms with Crippen LogP contribution in [0.4, 0.5) is 0 Å². The number of carbonyl (C=O) groups excluding carboxylic acids is 1. The Morgan fingerprint density at radius 1 is 1.67 bits per heavy atom. The van der Waals surface area contributed by atoms with Crippen LogP contribution >= 0.6 is 0 Å². The summed E-state index contributed by atoms with van der Waals surface area (Å²) in [5.41, 5.74) is 0.676. The number of nitrogens with zero attached hydrogens (tertiary/aromatic N) is 1. The van der Waals surface area contributed by atoms with Crippen LogP contribution in [0.2, 0.25) is 0 Å². The van der Waals surface area contributed by atoms with Gasteiger partial charge in [-0.1, -0.05) is 12.2 Å². The van der Waals surface area contributed by atoms with Crippen LogP contribution in [0, 0.1) is 0 Å². The van der Waals surface area contributed by atoms with Crippen molar-refractivity contribution in [3.8, 4) is 0 Å². The van der Waals surface area contributed by atoms with Crippen molar-refractivity contribution in [2.24, 2.45) is 0 Å². The summed E-state index contributed by atoms with van der Waals surface area (Å²) in [6.45, 7) is 1.90. The van der Waals surface area contributed by atoms with E-state index in [2.05, 4.69) is 4.98 Å². The molecular weight excluding hydrogens is 150 g/mol. The summed E-state index contributed by atoms with van der Waals surface area (Å²) < 4.78 is 0. The molecule has 62 valence electrons. The van der Waals surface area contributed by atoms with Crippen molar-refractivity contribution in [3.63, 3.8) is 0 Å². The molecule has 0 aromatic carbocycles. The number of hydrogen-bond acceptors (Lipinski definition) is 2. The summed E-state index contributed by atoms with van der Waals surface area (Å²) in [6.07, 6.45) is 7.42. The monoisotopic (exact) mass is 161 g/mol. The van der Waals surface area contributed by atoms with Crippen LogP contribution < -0.4 is 0 Å². The third-order valence-electron chi connectivity index (χ3n) is 1.52. The molecule has 0 aliphatic rings. The second-order valence-electron chi connectivity index (χ2n) is 2.44. The highest BCUT2D eigenvalue weighted by Gasteiger charge is 2.01. The van der Waals surface area contributed by atoms with Crippen LogP contribution in [0.5, 0.6) is 0 Å². The molecule has 0 aliphatic carbocycles. The van der Waals surface area contributed by atoms with Gasteiger partial charge in [-0.3, -0.25) is 9.78 Å². The van der Waals surface area contributed by atoms with Gasteiger partial charge < -0.3 is 0 Å². The summed E-state index contributed by atoms with van der Waals surface area (Å²) in [5, 5.41) is 0. The van der Waals surface area contributed by atoms with Gasteiger partial charge in [-0.2, -0.15) is 0 Å².